The first-order chi connectivity index (χ1) is 16.0. The van der Waals surface area contributed by atoms with Crippen LogP contribution in [0.15, 0.2) is 53.1 Å². The van der Waals surface area contributed by atoms with E-state index in [-0.39, 0.29) is 23.5 Å². The number of amides is 2. The molecule has 1 fully saturated rings. The lowest BCUT2D eigenvalue weighted by atomic mass is 9.97. The summed E-state index contributed by atoms with van der Waals surface area (Å²) in [5.41, 5.74) is 0.912. The van der Waals surface area contributed by atoms with E-state index in [1.807, 2.05) is 0 Å². The SMILES string of the molecule is O=C(NCCCC(=O)N1CCCC(c2nc(-c3cccc(F)c3)no2)C1)c1ccc(F)cc1. The fourth-order valence-electron chi connectivity index (χ4n) is 3.85. The van der Waals surface area contributed by atoms with Crippen LogP contribution in [0.3, 0.4) is 0 Å². The number of rotatable bonds is 7. The quantitative estimate of drug-likeness (QED) is 0.547. The average Bonchev–Trinajstić information content (AvgIpc) is 3.33. The van der Waals surface area contributed by atoms with E-state index in [9.17, 15) is 18.4 Å². The molecule has 0 bridgehead atoms. The van der Waals surface area contributed by atoms with Crippen LogP contribution in [0.5, 0.6) is 0 Å². The molecule has 4 rings (SSSR count). The van der Waals surface area contributed by atoms with Gasteiger partial charge in [-0.2, -0.15) is 4.98 Å². The van der Waals surface area contributed by atoms with Gasteiger partial charge in [0.15, 0.2) is 0 Å². The Morgan fingerprint density at radius 2 is 1.94 bits per heavy atom. The summed E-state index contributed by atoms with van der Waals surface area (Å²) in [4.78, 5) is 30.9. The fraction of sp³-hybridized carbons (Fsp3) is 0.333. The monoisotopic (exact) mass is 454 g/mol. The highest BCUT2D eigenvalue weighted by Gasteiger charge is 2.28. The zero-order chi connectivity index (χ0) is 23.2. The summed E-state index contributed by atoms with van der Waals surface area (Å²) in [6.45, 7) is 1.48. The molecule has 172 valence electrons. The highest BCUT2D eigenvalue weighted by atomic mass is 19.1. The molecule has 1 aromatic heterocycles. The summed E-state index contributed by atoms with van der Waals surface area (Å²) in [5, 5.41) is 6.70. The van der Waals surface area contributed by atoms with E-state index in [0.29, 0.717) is 55.3 Å². The number of piperidine rings is 1. The Kier molecular flexibility index (Phi) is 7.07. The molecule has 1 atom stereocenters. The minimum Gasteiger partial charge on any atom is -0.352 e. The maximum atomic E-state index is 13.5. The molecule has 2 aromatic carbocycles. The summed E-state index contributed by atoms with van der Waals surface area (Å²) < 4.78 is 31.8. The Morgan fingerprint density at radius 1 is 1.12 bits per heavy atom. The second-order valence-electron chi connectivity index (χ2n) is 8.01. The Hall–Kier alpha value is -3.62. The van der Waals surface area contributed by atoms with Crippen LogP contribution in [-0.2, 0) is 4.79 Å². The van der Waals surface area contributed by atoms with Crippen LogP contribution < -0.4 is 5.32 Å². The van der Waals surface area contributed by atoms with E-state index >= 15 is 0 Å². The van der Waals surface area contributed by atoms with E-state index in [1.165, 1.54) is 36.4 Å². The van der Waals surface area contributed by atoms with Crippen molar-refractivity contribution >= 4 is 11.8 Å². The number of hydrogen-bond donors (Lipinski definition) is 1. The van der Waals surface area contributed by atoms with Crippen molar-refractivity contribution in [2.75, 3.05) is 19.6 Å². The maximum absolute atomic E-state index is 13.5. The lowest BCUT2D eigenvalue weighted by Gasteiger charge is -2.31. The van der Waals surface area contributed by atoms with Gasteiger partial charge in [0.2, 0.25) is 17.6 Å². The van der Waals surface area contributed by atoms with Gasteiger partial charge in [0.25, 0.3) is 5.91 Å². The Labute approximate surface area is 189 Å². The van der Waals surface area contributed by atoms with Gasteiger partial charge in [0.1, 0.15) is 11.6 Å². The van der Waals surface area contributed by atoms with Crippen LogP contribution in [0.4, 0.5) is 8.78 Å². The van der Waals surface area contributed by atoms with Gasteiger partial charge in [-0.05, 0) is 55.7 Å². The lowest BCUT2D eigenvalue weighted by Crippen LogP contribution is -2.39. The Morgan fingerprint density at radius 3 is 2.73 bits per heavy atom. The summed E-state index contributed by atoms with van der Waals surface area (Å²) in [7, 11) is 0. The van der Waals surface area contributed by atoms with Crippen molar-refractivity contribution in [3.05, 3.63) is 71.6 Å². The number of benzene rings is 2. The number of halogens is 2. The van der Waals surface area contributed by atoms with Crippen LogP contribution >= 0.6 is 0 Å². The van der Waals surface area contributed by atoms with Crippen molar-refractivity contribution in [3.63, 3.8) is 0 Å². The molecule has 1 unspecified atom stereocenters. The van der Waals surface area contributed by atoms with Gasteiger partial charge in [0.05, 0.1) is 5.92 Å². The first kappa shape index (κ1) is 22.6. The van der Waals surface area contributed by atoms with Gasteiger partial charge in [-0.1, -0.05) is 17.3 Å². The zero-order valence-electron chi connectivity index (χ0n) is 18.0. The standard InChI is InChI=1S/C24H24F2N4O3/c25-19-10-8-16(9-11-19)23(32)27-12-2-7-21(31)30-13-3-5-18(15-30)24-28-22(29-33-24)17-4-1-6-20(26)14-17/h1,4,6,8-11,14,18H,2-3,5,7,12-13,15H2,(H,27,32). The van der Waals surface area contributed by atoms with Crippen molar-refractivity contribution in [2.24, 2.45) is 0 Å². The van der Waals surface area contributed by atoms with Crippen molar-refractivity contribution < 1.29 is 22.9 Å². The highest BCUT2D eigenvalue weighted by molar-refractivity contribution is 5.94. The summed E-state index contributed by atoms with van der Waals surface area (Å²) >= 11 is 0. The minimum atomic E-state index is -0.400. The summed E-state index contributed by atoms with van der Waals surface area (Å²) in [6.07, 6.45) is 2.43. The molecule has 0 spiro atoms. The highest BCUT2D eigenvalue weighted by Crippen LogP contribution is 2.28. The minimum absolute atomic E-state index is 0.000556. The number of carbonyl (C=O) groups is 2. The van der Waals surface area contributed by atoms with E-state index in [2.05, 4.69) is 15.5 Å². The molecule has 7 nitrogen and oxygen atoms in total. The van der Waals surface area contributed by atoms with Crippen LogP contribution in [0, 0.1) is 11.6 Å². The van der Waals surface area contributed by atoms with Gasteiger partial charge in [-0.15, -0.1) is 0 Å². The van der Waals surface area contributed by atoms with E-state index in [0.717, 1.165) is 12.8 Å². The number of carbonyl (C=O) groups excluding carboxylic acids is 2. The zero-order valence-corrected chi connectivity index (χ0v) is 18.0. The van der Waals surface area contributed by atoms with E-state index in [4.69, 9.17) is 4.52 Å². The molecule has 2 amide bonds. The van der Waals surface area contributed by atoms with Gasteiger partial charge < -0.3 is 14.7 Å². The van der Waals surface area contributed by atoms with Crippen LogP contribution in [0.1, 0.15) is 47.8 Å². The number of aromatic nitrogens is 2. The third-order valence-electron chi connectivity index (χ3n) is 5.61. The molecule has 1 aliphatic heterocycles. The molecule has 33 heavy (non-hydrogen) atoms. The van der Waals surface area contributed by atoms with Crippen LogP contribution in [-0.4, -0.2) is 46.5 Å². The normalized spacial score (nSPS) is 15.9. The number of nitrogens with one attached hydrogen (secondary N) is 1. The third-order valence-corrected chi connectivity index (χ3v) is 5.61. The topological polar surface area (TPSA) is 88.3 Å². The maximum Gasteiger partial charge on any atom is 0.251 e. The lowest BCUT2D eigenvalue weighted by molar-refractivity contribution is -0.132. The molecule has 0 saturated carbocycles. The molecule has 1 saturated heterocycles. The van der Waals surface area contributed by atoms with Gasteiger partial charge in [-0.3, -0.25) is 9.59 Å². The van der Waals surface area contributed by atoms with Crippen molar-refractivity contribution in [3.8, 4) is 11.4 Å². The predicted molar refractivity (Wildman–Crippen MR) is 116 cm³/mol. The van der Waals surface area contributed by atoms with Crippen molar-refractivity contribution in [2.45, 2.75) is 31.6 Å². The number of likely N-dealkylation sites (tertiary alicyclic amines) is 1. The number of nitrogens with zero attached hydrogens (tertiary/aromatic N) is 3. The molecule has 9 heteroatoms. The largest absolute Gasteiger partial charge is 0.352 e. The van der Waals surface area contributed by atoms with Crippen LogP contribution in [0.2, 0.25) is 0 Å². The fourth-order valence-corrected chi connectivity index (χ4v) is 3.85. The smallest absolute Gasteiger partial charge is 0.251 e. The van der Waals surface area contributed by atoms with Gasteiger partial charge in [0, 0.05) is 37.2 Å². The second kappa shape index (κ2) is 10.3. The molecule has 2 heterocycles. The first-order valence-corrected chi connectivity index (χ1v) is 10.9. The molecule has 0 aliphatic carbocycles. The van der Waals surface area contributed by atoms with E-state index < -0.39 is 5.82 Å². The second-order valence-corrected chi connectivity index (χ2v) is 8.01. The van der Waals surface area contributed by atoms with Crippen molar-refractivity contribution in [1.82, 2.24) is 20.4 Å². The molecule has 1 N–H and O–H groups in total. The molecule has 0 radical (unpaired) electrons. The number of hydrogen-bond acceptors (Lipinski definition) is 5. The van der Waals surface area contributed by atoms with E-state index in [1.54, 1.807) is 17.0 Å². The predicted octanol–water partition coefficient (Wildman–Crippen LogP) is 3.93. The molecular weight excluding hydrogens is 430 g/mol. The van der Waals surface area contributed by atoms with Crippen molar-refractivity contribution in [1.29, 1.82) is 0 Å². The Bertz CT molecular complexity index is 1120. The van der Waals surface area contributed by atoms with Crippen LogP contribution in [0.25, 0.3) is 11.4 Å². The third kappa shape index (κ3) is 5.79. The molecule has 1 aliphatic rings. The summed E-state index contributed by atoms with van der Waals surface area (Å²) in [6, 6.07) is 11.3. The van der Waals surface area contributed by atoms with Gasteiger partial charge >= 0.3 is 0 Å². The summed E-state index contributed by atoms with van der Waals surface area (Å²) in [5.74, 6) is -0.379. The van der Waals surface area contributed by atoms with Gasteiger partial charge in [-0.25, -0.2) is 8.78 Å². The molecular formula is C24H24F2N4O3. The molecule has 3 aromatic rings. The first-order valence-electron chi connectivity index (χ1n) is 10.9. The Balaban J connectivity index is 1.25. The average molecular weight is 454 g/mol.